The summed E-state index contributed by atoms with van der Waals surface area (Å²) in [6.07, 6.45) is 0.663. The van der Waals surface area contributed by atoms with E-state index in [0.29, 0.717) is 6.42 Å². The minimum Gasteiger partial charge on any atom is -0.480 e. The summed E-state index contributed by atoms with van der Waals surface area (Å²) in [5.74, 6) is -0.707. The van der Waals surface area contributed by atoms with E-state index in [2.05, 4.69) is 15.9 Å². The topological polar surface area (TPSA) is 43.8 Å². The van der Waals surface area contributed by atoms with Crippen molar-refractivity contribution in [2.45, 2.75) is 25.9 Å². The molecule has 0 aromatic carbocycles. The molecule has 4 nitrogen and oxygen atoms in total. The standard InChI is InChI=1S/C13H19ClN2O2S/c1-2-11(13(17)18)16-7-5-15(6-8-16)9-10-3-4-12(14)19-10/h3-4,11H,2,5-9H2,1H3,(H,17,18)/t11-/m0/s1. The van der Waals surface area contributed by atoms with E-state index in [0.717, 1.165) is 37.1 Å². The Morgan fingerprint density at radius 3 is 2.58 bits per heavy atom. The van der Waals surface area contributed by atoms with Crippen LogP contribution in [0.25, 0.3) is 0 Å². The van der Waals surface area contributed by atoms with Crippen LogP contribution in [0.2, 0.25) is 4.34 Å². The average Bonchev–Trinajstić information content (AvgIpc) is 2.77. The van der Waals surface area contributed by atoms with Crippen LogP contribution in [0.1, 0.15) is 18.2 Å². The third-order valence-corrected chi connectivity index (χ3v) is 4.74. The monoisotopic (exact) mass is 302 g/mol. The summed E-state index contributed by atoms with van der Waals surface area (Å²) >= 11 is 7.54. The lowest BCUT2D eigenvalue weighted by Crippen LogP contribution is -2.52. The molecular formula is C13H19ClN2O2S. The molecule has 1 atom stereocenters. The van der Waals surface area contributed by atoms with Crippen molar-refractivity contribution in [1.29, 1.82) is 0 Å². The number of carboxylic acid groups (broad SMARTS) is 1. The zero-order valence-electron chi connectivity index (χ0n) is 11.0. The van der Waals surface area contributed by atoms with Crippen molar-refractivity contribution >= 4 is 28.9 Å². The lowest BCUT2D eigenvalue weighted by atomic mass is 10.1. The molecule has 6 heteroatoms. The summed E-state index contributed by atoms with van der Waals surface area (Å²) in [5, 5.41) is 9.16. The van der Waals surface area contributed by atoms with Crippen LogP contribution < -0.4 is 0 Å². The van der Waals surface area contributed by atoms with Crippen molar-refractivity contribution in [3.63, 3.8) is 0 Å². The van der Waals surface area contributed by atoms with Gasteiger partial charge in [0.1, 0.15) is 6.04 Å². The number of hydrogen-bond donors (Lipinski definition) is 1. The average molecular weight is 303 g/mol. The Kier molecular flexibility index (Phi) is 5.21. The van der Waals surface area contributed by atoms with Crippen LogP contribution in [0, 0.1) is 0 Å². The fourth-order valence-corrected chi connectivity index (χ4v) is 3.61. The molecule has 1 aromatic heterocycles. The first-order valence-corrected chi connectivity index (χ1v) is 7.73. The molecule has 1 fully saturated rings. The van der Waals surface area contributed by atoms with Gasteiger partial charge in [-0.3, -0.25) is 14.6 Å². The van der Waals surface area contributed by atoms with E-state index in [-0.39, 0.29) is 6.04 Å². The van der Waals surface area contributed by atoms with Crippen LogP contribution in [-0.2, 0) is 11.3 Å². The molecule has 0 saturated carbocycles. The van der Waals surface area contributed by atoms with E-state index < -0.39 is 5.97 Å². The van der Waals surface area contributed by atoms with Crippen LogP contribution in [0.5, 0.6) is 0 Å². The van der Waals surface area contributed by atoms with Gasteiger partial charge in [-0.25, -0.2) is 0 Å². The molecule has 1 aliphatic heterocycles. The molecular weight excluding hydrogens is 284 g/mol. The highest BCUT2D eigenvalue weighted by molar-refractivity contribution is 7.16. The zero-order chi connectivity index (χ0) is 13.8. The molecule has 0 aliphatic carbocycles. The molecule has 0 spiro atoms. The van der Waals surface area contributed by atoms with Crippen molar-refractivity contribution in [2.75, 3.05) is 26.2 Å². The van der Waals surface area contributed by atoms with Gasteiger partial charge in [-0.05, 0) is 18.6 Å². The molecule has 1 aromatic rings. The highest BCUT2D eigenvalue weighted by Gasteiger charge is 2.27. The number of aliphatic carboxylic acids is 1. The van der Waals surface area contributed by atoms with Crippen molar-refractivity contribution < 1.29 is 9.90 Å². The van der Waals surface area contributed by atoms with Crippen LogP contribution >= 0.6 is 22.9 Å². The van der Waals surface area contributed by atoms with Gasteiger partial charge < -0.3 is 5.11 Å². The maximum absolute atomic E-state index is 11.1. The maximum Gasteiger partial charge on any atom is 0.320 e. The Morgan fingerprint density at radius 1 is 1.42 bits per heavy atom. The van der Waals surface area contributed by atoms with E-state index in [1.807, 2.05) is 13.0 Å². The first-order chi connectivity index (χ1) is 9.10. The second-order valence-corrected chi connectivity index (χ2v) is 6.58. The number of nitrogens with zero attached hydrogens (tertiary/aromatic N) is 2. The smallest absolute Gasteiger partial charge is 0.320 e. The van der Waals surface area contributed by atoms with Crippen molar-refractivity contribution in [1.82, 2.24) is 9.80 Å². The van der Waals surface area contributed by atoms with Crippen LogP contribution in [0.3, 0.4) is 0 Å². The van der Waals surface area contributed by atoms with Gasteiger partial charge in [0, 0.05) is 37.6 Å². The number of thiophene rings is 1. The minimum atomic E-state index is -0.707. The van der Waals surface area contributed by atoms with Crippen molar-refractivity contribution in [3.05, 3.63) is 21.3 Å². The molecule has 1 aliphatic rings. The molecule has 2 heterocycles. The molecule has 19 heavy (non-hydrogen) atoms. The first-order valence-electron chi connectivity index (χ1n) is 6.53. The van der Waals surface area contributed by atoms with E-state index in [9.17, 15) is 4.79 Å². The number of piperazine rings is 1. The highest BCUT2D eigenvalue weighted by Crippen LogP contribution is 2.23. The fourth-order valence-electron chi connectivity index (χ4n) is 2.48. The van der Waals surface area contributed by atoms with Gasteiger partial charge in [-0.1, -0.05) is 18.5 Å². The molecule has 0 amide bonds. The zero-order valence-corrected chi connectivity index (χ0v) is 12.6. The number of carboxylic acids is 1. The lowest BCUT2D eigenvalue weighted by molar-refractivity contribution is -0.144. The molecule has 1 N–H and O–H groups in total. The second kappa shape index (κ2) is 6.70. The maximum atomic E-state index is 11.1. The predicted octanol–water partition coefficient (Wildman–Crippen LogP) is 2.38. The molecule has 0 bridgehead atoms. The second-order valence-electron chi connectivity index (χ2n) is 4.78. The predicted molar refractivity (Wildman–Crippen MR) is 77.9 cm³/mol. The summed E-state index contributed by atoms with van der Waals surface area (Å²) in [6, 6.07) is 3.65. The molecule has 0 unspecified atom stereocenters. The number of halogens is 1. The number of carbonyl (C=O) groups is 1. The van der Waals surface area contributed by atoms with Gasteiger partial charge >= 0.3 is 5.97 Å². The van der Waals surface area contributed by atoms with Crippen LogP contribution in [0.4, 0.5) is 0 Å². The summed E-state index contributed by atoms with van der Waals surface area (Å²) in [7, 11) is 0. The number of hydrogen-bond acceptors (Lipinski definition) is 4. The molecule has 2 rings (SSSR count). The van der Waals surface area contributed by atoms with E-state index in [1.54, 1.807) is 11.3 Å². The fraction of sp³-hybridized carbons (Fsp3) is 0.615. The summed E-state index contributed by atoms with van der Waals surface area (Å²) in [4.78, 5) is 16.8. The van der Waals surface area contributed by atoms with Gasteiger partial charge in [0.2, 0.25) is 0 Å². The van der Waals surface area contributed by atoms with E-state index in [4.69, 9.17) is 16.7 Å². The Morgan fingerprint density at radius 2 is 2.11 bits per heavy atom. The van der Waals surface area contributed by atoms with Gasteiger partial charge in [0.15, 0.2) is 0 Å². The quantitative estimate of drug-likeness (QED) is 0.907. The summed E-state index contributed by atoms with van der Waals surface area (Å²) < 4.78 is 0.825. The van der Waals surface area contributed by atoms with E-state index in [1.165, 1.54) is 4.88 Å². The molecule has 1 saturated heterocycles. The third-order valence-electron chi connectivity index (χ3n) is 3.53. The number of rotatable bonds is 5. The van der Waals surface area contributed by atoms with Crippen LogP contribution in [-0.4, -0.2) is 53.1 Å². The Balaban J connectivity index is 1.83. The Hall–Kier alpha value is -0.620. The largest absolute Gasteiger partial charge is 0.480 e. The molecule has 0 radical (unpaired) electrons. The highest BCUT2D eigenvalue weighted by atomic mass is 35.5. The van der Waals surface area contributed by atoms with Crippen LogP contribution in [0.15, 0.2) is 12.1 Å². The Bertz CT molecular complexity index is 430. The van der Waals surface area contributed by atoms with E-state index >= 15 is 0 Å². The van der Waals surface area contributed by atoms with Crippen molar-refractivity contribution in [2.24, 2.45) is 0 Å². The Labute approximate surface area is 122 Å². The van der Waals surface area contributed by atoms with Gasteiger partial charge in [-0.2, -0.15) is 0 Å². The normalized spacial score (nSPS) is 19.5. The third kappa shape index (κ3) is 3.92. The van der Waals surface area contributed by atoms with Gasteiger partial charge in [0.05, 0.1) is 4.34 Å². The molecule has 106 valence electrons. The first kappa shape index (κ1) is 14.8. The summed E-state index contributed by atoms with van der Waals surface area (Å²) in [5.41, 5.74) is 0. The van der Waals surface area contributed by atoms with Crippen molar-refractivity contribution in [3.8, 4) is 0 Å². The summed E-state index contributed by atoms with van der Waals surface area (Å²) in [6.45, 7) is 6.32. The van der Waals surface area contributed by atoms with Gasteiger partial charge in [0.25, 0.3) is 0 Å². The lowest BCUT2D eigenvalue weighted by Gasteiger charge is -2.37. The SMILES string of the molecule is CC[C@@H](C(=O)O)N1CCN(Cc2ccc(Cl)s2)CC1. The van der Waals surface area contributed by atoms with Gasteiger partial charge in [-0.15, -0.1) is 11.3 Å². The minimum absolute atomic E-state index is 0.335.